The van der Waals surface area contributed by atoms with Gasteiger partial charge < -0.3 is 9.84 Å². The van der Waals surface area contributed by atoms with Crippen molar-refractivity contribution < 1.29 is 19.4 Å². The lowest BCUT2D eigenvalue weighted by Gasteiger charge is -2.23. The highest BCUT2D eigenvalue weighted by atomic mass is 32.1. The lowest BCUT2D eigenvalue weighted by molar-refractivity contribution is -0.132. The van der Waals surface area contributed by atoms with E-state index >= 15 is 0 Å². The number of anilines is 1. The first-order valence-electron chi connectivity index (χ1n) is 12.8. The van der Waals surface area contributed by atoms with Crippen LogP contribution in [0.5, 0.6) is 5.75 Å². The Morgan fingerprint density at radius 3 is 2.53 bits per heavy atom. The number of amides is 1. The van der Waals surface area contributed by atoms with Crippen molar-refractivity contribution in [2.24, 2.45) is 0 Å². The molecule has 6 nitrogen and oxygen atoms in total. The van der Waals surface area contributed by atoms with Crippen molar-refractivity contribution in [1.82, 2.24) is 4.98 Å². The Kier molecular flexibility index (Phi) is 7.04. The molecule has 4 aromatic rings. The molecule has 1 fully saturated rings. The van der Waals surface area contributed by atoms with E-state index in [2.05, 4.69) is 6.92 Å². The summed E-state index contributed by atoms with van der Waals surface area (Å²) in [7, 11) is 0. The second kappa shape index (κ2) is 10.4. The van der Waals surface area contributed by atoms with Gasteiger partial charge in [-0.25, -0.2) is 4.98 Å². The van der Waals surface area contributed by atoms with E-state index in [1.54, 1.807) is 12.1 Å². The number of carbonyl (C=O) groups excluding carboxylic acids is 2. The van der Waals surface area contributed by atoms with Crippen molar-refractivity contribution in [1.29, 1.82) is 0 Å². The lowest BCUT2D eigenvalue weighted by Crippen LogP contribution is -2.29. The van der Waals surface area contributed by atoms with E-state index in [9.17, 15) is 14.7 Å². The minimum Gasteiger partial charge on any atom is -0.507 e. The predicted molar refractivity (Wildman–Crippen MR) is 152 cm³/mol. The van der Waals surface area contributed by atoms with Crippen molar-refractivity contribution in [2.45, 2.75) is 46.6 Å². The number of ether oxygens (including phenoxy) is 1. The molecule has 38 heavy (non-hydrogen) atoms. The number of nitrogens with zero attached hydrogens (tertiary/aromatic N) is 2. The summed E-state index contributed by atoms with van der Waals surface area (Å²) >= 11 is 1.37. The molecule has 0 radical (unpaired) electrons. The third-order valence-corrected chi connectivity index (χ3v) is 7.74. The van der Waals surface area contributed by atoms with Crippen LogP contribution in [0.25, 0.3) is 16.0 Å². The Hall–Kier alpha value is -3.97. The van der Waals surface area contributed by atoms with Crippen LogP contribution >= 0.6 is 11.3 Å². The summed E-state index contributed by atoms with van der Waals surface area (Å²) < 4.78 is 6.87. The summed E-state index contributed by atoms with van der Waals surface area (Å²) in [4.78, 5) is 33.3. The molecule has 0 saturated carbocycles. The van der Waals surface area contributed by atoms with E-state index in [-0.39, 0.29) is 11.3 Å². The van der Waals surface area contributed by atoms with Crippen molar-refractivity contribution in [2.75, 3.05) is 11.5 Å². The maximum absolute atomic E-state index is 13.6. The zero-order chi connectivity index (χ0) is 27.0. The van der Waals surface area contributed by atoms with Crippen LogP contribution in [0.4, 0.5) is 5.13 Å². The number of fused-ring (bicyclic) bond motifs is 1. The summed E-state index contributed by atoms with van der Waals surface area (Å²) in [5, 5.41) is 11.8. The molecule has 1 saturated heterocycles. The molecular formula is C31H30N2O4S. The molecule has 0 bridgehead atoms. The smallest absolute Gasteiger partial charge is 0.301 e. The van der Waals surface area contributed by atoms with Crippen LogP contribution in [0.3, 0.4) is 0 Å². The summed E-state index contributed by atoms with van der Waals surface area (Å²) in [6.07, 6.45) is 1.92. The molecule has 1 amide bonds. The monoisotopic (exact) mass is 526 g/mol. The van der Waals surface area contributed by atoms with Gasteiger partial charge in [0.25, 0.3) is 5.78 Å². The van der Waals surface area contributed by atoms with Crippen molar-refractivity contribution >= 4 is 44.1 Å². The molecule has 0 spiro atoms. The second-order valence-electron chi connectivity index (χ2n) is 9.73. The van der Waals surface area contributed by atoms with Crippen LogP contribution in [0.2, 0.25) is 0 Å². The summed E-state index contributed by atoms with van der Waals surface area (Å²) in [6.45, 7) is 8.62. The molecule has 7 heteroatoms. The molecule has 194 valence electrons. The first-order chi connectivity index (χ1) is 18.3. The van der Waals surface area contributed by atoms with Gasteiger partial charge in [0.2, 0.25) is 0 Å². The van der Waals surface area contributed by atoms with Gasteiger partial charge in [-0.2, -0.15) is 0 Å². The SMILES string of the molecule is CCCCOc1cccc(C2/C(=C(\O)c3ccc(C)cc3)C(=O)C(=O)N2c2nc3c(C)cc(C)cc3s2)c1. The number of aryl methyl sites for hydroxylation is 3. The summed E-state index contributed by atoms with van der Waals surface area (Å²) in [5.74, 6) is -1.01. The van der Waals surface area contributed by atoms with Crippen molar-refractivity contribution in [3.63, 3.8) is 0 Å². The molecule has 1 unspecified atom stereocenters. The Labute approximate surface area is 226 Å². The van der Waals surface area contributed by atoms with Crippen LogP contribution in [0.1, 0.15) is 53.6 Å². The van der Waals surface area contributed by atoms with Gasteiger partial charge >= 0.3 is 5.91 Å². The molecule has 1 aliphatic heterocycles. The number of thiazole rings is 1. The fourth-order valence-electron chi connectivity index (χ4n) is 4.78. The van der Waals surface area contributed by atoms with Crippen molar-refractivity contribution in [3.05, 3.63) is 94.1 Å². The number of hydrogen-bond acceptors (Lipinski definition) is 6. The highest BCUT2D eigenvalue weighted by Gasteiger charge is 2.48. The van der Waals surface area contributed by atoms with Gasteiger partial charge in [-0.05, 0) is 62.1 Å². The predicted octanol–water partition coefficient (Wildman–Crippen LogP) is 7.03. The van der Waals surface area contributed by atoms with E-state index in [0.717, 1.165) is 39.7 Å². The van der Waals surface area contributed by atoms with Gasteiger partial charge in [0, 0.05) is 5.56 Å². The molecule has 3 aromatic carbocycles. The quantitative estimate of drug-likeness (QED) is 0.121. The van der Waals surface area contributed by atoms with Crippen molar-refractivity contribution in [3.8, 4) is 5.75 Å². The molecule has 1 aliphatic rings. The maximum atomic E-state index is 13.6. The summed E-state index contributed by atoms with van der Waals surface area (Å²) in [5.41, 5.74) is 5.10. The number of aliphatic hydroxyl groups is 1. The highest BCUT2D eigenvalue weighted by Crippen LogP contribution is 2.45. The molecular weight excluding hydrogens is 496 g/mol. The zero-order valence-electron chi connectivity index (χ0n) is 21.9. The number of unbranched alkanes of at least 4 members (excludes halogenated alkanes) is 1. The molecule has 0 aliphatic carbocycles. The standard InChI is InChI=1S/C31H30N2O4S/c1-5-6-14-37-23-9-7-8-22(17-23)27-25(28(34)21-12-10-18(2)11-13-21)29(35)30(36)33(27)31-32-26-20(4)15-19(3)16-24(26)38-31/h7-13,15-17,27,34H,5-6,14H2,1-4H3/b28-25+. The van der Waals surface area contributed by atoms with Gasteiger partial charge in [0.05, 0.1) is 28.4 Å². The Balaban J connectivity index is 1.69. The van der Waals surface area contributed by atoms with Crippen LogP contribution in [0, 0.1) is 20.8 Å². The van der Waals surface area contributed by atoms with Gasteiger partial charge in [-0.3, -0.25) is 14.5 Å². The van der Waals surface area contributed by atoms with Gasteiger partial charge in [0.15, 0.2) is 5.13 Å². The molecule has 1 N–H and O–H groups in total. The maximum Gasteiger partial charge on any atom is 0.301 e. The molecule has 2 heterocycles. The number of hydrogen-bond donors (Lipinski definition) is 1. The molecule has 5 rings (SSSR count). The van der Waals surface area contributed by atoms with Crippen LogP contribution in [-0.4, -0.2) is 28.4 Å². The highest BCUT2D eigenvalue weighted by molar-refractivity contribution is 7.22. The number of aliphatic hydroxyl groups excluding tert-OH is 1. The van der Waals surface area contributed by atoms with E-state index in [1.807, 2.05) is 69.3 Å². The lowest BCUT2D eigenvalue weighted by atomic mass is 9.95. The zero-order valence-corrected chi connectivity index (χ0v) is 22.8. The number of rotatable bonds is 7. The third-order valence-electron chi connectivity index (χ3n) is 6.73. The normalized spacial score (nSPS) is 16.9. The minimum absolute atomic E-state index is 0.0386. The number of ketones is 1. The first kappa shape index (κ1) is 25.7. The Morgan fingerprint density at radius 2 is 1.79 bits per heavy atom. The number of Topliss-reactive ketones (excluding diaryl/α,β-unsaturated/α-hetero) is 1. The first-order valence-corrected chi connectivity index (χ1v) is 13.6. The average molecular weight is 527 g/mol. The van der Waals surface area contributed by atoms with Gasteiger partial charge in [-0.15, -0.1) is 0 Å². The topological polar surface area (TPSA) is 79.7 Å². The number of carbonyl (C=O) groups is 2. The molecule has 1 atom stereocenters. The summed E-state index contributed by atoms with van der Waals surface area (Å²) in [6, 6.07) is 17.8. The largest absolute Gasteiger partial charge is 0.507 e. The van der Waals surface area contributed by atoms with Crippen LogP contribution < -0.4 is 9.64 Å². The van der Waals surface area contributed by atoms with Crippen LogP contribution in [0.15, 0.2) is 66.2 Å². The number of aromatic nitrogens is 1. The Morgan fingerprint density at radius 1 is 1.03 bits per heavy atom. The Bertz CT molecular complexity index is 1570. The van der Waals surface area contributed by atoms with E-state index in [1.165, 1.54) is 16.2 Å². The third kappa shape index (κ3) is 4.70. The average Bonchev–Trinajstić information content (AvgIpc) is 3.43. The number of benzene rings is 3. The second-order valence-corrected chi connectivity index (χ2v) is 10.7. The van der Waals surface area contributed by atoms with E-state index in [0.29, 0.717) is 28.6 Å². The van der Waals surface area contributed by atoms with E-state index < -0.39 is 17.7 Å². The molecule has 1 aromatic heterocycles. The fourth-order valence-corrected chi connectivity index (χ4v) is 5.95. The van der Waals surface area contributed by atoms with Gasteiger partial charge in [-0.1, -0.05) is 72.7 Å². The fraction of sp³-hybridized carbons (Fsp3) is 0.258. The van der Waals surface area contributed by atoms with Gasteiger partial charge in [0.1, 0.15) is 11.5 Å². The van der Waals surface area contributed by atoms with Crippen LogP contribution in [-0.2, 0) is 9.59 Å². The minimum atomic E-state index is -0.854. The van der Waals surface area contributed by atoms with E-state index in [4.69, 9.17) is 9.72 Å².